The molecule has 0 fully saturated rings. The Hall–Kier alpha value is -2.34. The third-order valence-corrected chi connectivity index (χ3v) is 2.64. The number of halogens is 1. The fraction of sp³-hybridized carbons (Fsp3) is 0.0833. The molecule has 0 saturated carbocycles. The number of hydrogen-bond donors (Lipinski definition) is 3. The highest BCUT2D eigenvalue weighted by Gasteiger charge is 2.04. The number of aromatic amines is 2. The Morgan fingerprint density at radius 1 is 1.37 bits per heavy atom. The predicted molar refractivity (Wildman–Crippen MR) is 72.3 cm³/mol. The van der Waals surface area contributed by atoms with Crippen LogP contribution in [0.2, 0.25) is 5.02 Å². The second-order valence-electron chi connectivity index (χ2n) is 3.78. The third kappa shape index (κ3) is 3.82. The van der Waals surface area contributed by atoms with Crippen LogP contribution in [0.5, 0.6) is 0 Å². The number of hydrogen-bond acceptors (Lipinski definition) is 3. The van der Waals surface area contributed by atoms with Crippen molar-refractivity contribution >= 4 is 23.7 Å². The number of H-pyrrole nitrogens is 2. The highest BCUT2D eigenvalue weighted by molar-refractivity contribution is 6.33. The minimum Gasteiger partial charge on any atom is -0.302 e. The standard InChI is InChI=1S/C12H11ClN4O2/c13-10-4-2-1-3-8(10)7-14-16-11(18)5-9-6-12(19)17-15-9/h1-4,6-7H,5H2,(H,16,18)(H2,15,17,19)/b14-7+. The summed E-state index contributed by atoms with van der Waals surface area (Å²) in [5, 5.41) is 9.27. The number of aromatic nitrogens is 2. The lowest BCUT2D eigenvalue weighted by Gasteiger charge is -1.98. The lowest BCUT2D eigenvalue weighted by atomic mass is 10.2. The van der Waals surface area contributed by atoms with Crippen LogP contribution in [-0.2, 0) is 11.2 Å². The highest BCUT2D eigenvalue weighted by atomic mass is 35.5. The molecule has 0 radical (unpaired) electrons. The van der Waals surface area contributed by atoms with Gasteiger partial charge in [0.2, 0.25) is 5.91 Å². The van der Waals surface area contributed by atoms with E-state index in [2.05, 4.69) is 20.7 Å². The van der Waals surface area contributed by atoms with E-state index in [1.54, 1.807) is 18.2 Å². The number of nitrogens with zero attached hydrogens (tertiary/aromatic N) is 1. The van der Waals surface area contributed by atoms with Gasteiger partial charge in [-0.05, 0) is 6.07 Å². The van der Waals surface area contributed by atoms with Crippen LogP contribution in [0.25, 0.3) is 0 Å². The van der Waals surface area contributed by atoms with Gasteiger partial charge in [0, 0.05) is 22.3 Å². The first-order valence-electron chi connectivity index (χ1n) is 5.48. The Bertz CT molecular complexity index is 659. The van der Waals surface area contributed by atoms with Crippen molar-refractivity contribution in [2.24, 2.45) is 5.10 Å². The molecule has 0 saturated heterocycles. The van der Waals surface area contributed by atoms with Gasteiger partial charge in [0.1, 0.15) is 0 Å². The van der Waals surface area contributed by atoms with Crippen LogP contribution in [0.15, 0.2) is 40.2 Å². The Kier molecular flexibility index (Phi) is 4.15. The molecule has 0 atom stereocenters. The van der Waals surface area contributed by atoms with Gasteiger partial charge in [0.05, 0.1) is 12.6 Å². The molecule has 1 amide bonds. The predicted octanol–water partition coefficient (Wildman–Crippen LogP) is 1.05. The summed E-state index contributed by atoms with van der Waals surface area (Å²) in [4.78, 5) is 22.3. The van der Waals surface area contributed by atoms with Gasteiger partial charge >= 0.3 is 0 Å². The molecular formula is C12H11ClN4O2. The minimum atomic E-state index is -0.335. The molecule has 1 aromatic heterocycles. The van der Waals surface area contributed by atoms with Gasteiger partial charge < -0.3 is 5.10 Å². The zero-order valence-electron chi connectivity index (χ0n) is 9.81. The van der Waals surface area contributed by atoms with Crippen molar-refractivity contribution in [2.75, 3.05) is 0 Å². The monoisotopic (exact) mass is 278 g/mol. The van der Waals surface area contributed by atoms with Crippen LogP contribution < -0.4 is 11.0 Å². The molecule has 6 nitrogen and oxygen atoms in total. The molecule has 0 bridgehead atoms. The van der Waals surface area contributed by atoms with E-state index >= 15 is 0 Å². The summed E-state index contributed by atoms with van der Waals surface area (Å²) < 4.78 is 0. The quantitative estimate of drug-likeness (QED) is 0.576. The molecule has 19 heavy (non-hydrogen) atoms. The molecule has 2 rings (SSSR count). The summed E-state index contributed by atoms with van der Waals surface area (Å²) in [7, 11) is 0. The second-order valence-corrected chi connectivity index (χ2v) is 4.18. The van der Waals surface area contributed by atoms with Crippen molar-refractivity contribution in [3.05, 3.63) is 57.0 Å². The van der Waals surface area contributed by atoms with Crippen molar-refractivity contribution in [3.63, 3.8) is 0 Å². The van der Waals surface area contributed by atoms with Gasteiger partial charge in [-0.2, -0.15) is 5.10 Å². The first-order valence-corrected chi connectivity index (χ1v) is 5.86. The molecule has 0 aliphatic carbocycles. The van der Waals surface area contributed by atoms with Gasteiger partial charge in [-0.3, -0.25) is 14.7 Å². The van der Waals surface area contributed by atoms with E-state index in [9.17, 15) is 9.59 Å². The number of nitrogens with one attached hydrogen (secondary N) is 3. The lowest BCUT2D eigenvalue weighted by Crippen LogP contribution is -2.20. The minimum absolute atomic E-state index is 0.0403. The molecule has 0 aliphatic rings. The van der Waals surface area contributed by atoms with Crippen LogP contribution in [0.4, 0.5) is 0 Å². The fourth-order valence-electron chi connectivity index (χ4n) is 1.43. The first kappa shape index (κ1) is 13.1. The Morgan fingerprint density at radius 2 is 2.16 bits per heavy atom. The summed E-state index contributed by atoms with van der Waals surface area (Å²) in [5.41, 5.74) is 3.28. The Labute approximate surface area is 113 Å². The van der Waals surface area contributed by atoms with Crippen molar-refractivity contribution < 1.29 is 4.79 Å². The van der Waals surface area contributed by atoms with Gasteiger partial charge in [0.25, 0.3) is 5.56 Å². The Balaban J connectivity index is 1.90. The van der Waals surface area contributed by atoms with Crippen LogP contribution >= 0.6 is 11.6 Å². The topological polar surface area (TPSA) is 90.1 Å². The van der Waals surface area contributed by atoms with Crippen molar-refractivity contribution in [2.45, 2.75) is 6.42 Å². The highest BCUT2D eigenvalue weighted by Crippen LogP contribution is 2.11. The van der Waals surface area contributed by atoms with E-state index in [4.69, 9.17) is 11.6 Å². The van der Waals surface area contributed by atoms with E-state index in [1.165, 1.54) is 12.3 Å². The van der Waals surface area contributed by atoms with Gasteiger partial charge in [-0.1, -0.05) is 29.8 Å². The number of carbonyl (C=O) groups is 1. The van der Waals surface area contributed by atoms with Gasteiger partial charge in [0.15, 0.2) is 0 Å². The average molecular weight is 279 g/mol. The second kappa shape index (κ2) is 6.01. The normalized spacial score (nSPS) is 10.8. The molecule has 3 N–H and O–H groups in total. The van der Waals surface area contributed by atoms with Crippen LogP contribution in [0.3, 0.4) is 0 Å². The maximum absolute atomic E-state index is 11.5. The zero-order chi connectivity index (χ0) is 13.7. The van der Waals surface area contributed by atoms with Crippen LogP contribution in [0.1, 0.15) is 11.3 Å². The largest absolute Gasteiger partial charge is 0.302 e. The SMILES string of the molecule is O=C(Cc1cc(=O)[nH][nH]1)N/N=C/c1ccccc1Cl. The van der Waals surface area contributed by atoms with Gasteiger partial charge in [-0.25, -0.2) is 5.43 Å². The van der Waals surface area contributed by atoms with Crippen molar-refractivity contribution in [1.29, 1.82) is 0 Å². The molecule has 2 aromatic rings. The van der Waals surface area contributed by atoms with E-state index in [1.807, 2.05) is 6.07 Å². The molecule has 1 aromatic carbocycles. The average Bonchev–Trinajstić information content (AvgIpc) is 2.77. The number of amides is 1. The maximum atomic E-state index is 11.5. The van der Waals surface area contributed by atoms with Crippen molar-refractivity contribution in [3.8, 4) is 0 Å². The molecule has 1 heterocycles. The smallest absolute Gasteiger partial charge is 0.264 e. The van der Waals surface area contributed by atoms with E-state index < -0.39 is 0 Å². The number of benzene rings is 1. The first-order chi connectivity index (χ1) is 9.15. The van der Waals surface area contributed by atoms with E-state index in [-0.39, 0.29) is 17.9 Å². The molecule has 0 aliphatic heterocycles. The molecule has 0 unspecified atom stereocenters. The maximum Gasteiger partial charge on any atom is 0.264 e. The summed E-state index contributed by atoms with van der Waals surface area (Å²) >= 11 is 5.92. The number of carbonyl (C=O) groups excluding carboxylic acids is 1. The molecule has 98 valence electrons. The van der Waals surface area contributed by atoms with Crippen LogP contribution in [-0.4, -0.2) is 22.3 Å². The summed E-state index contributed by atoms with van der Waals surface area (Å²) in [6, 6.07) is 8.45. The van der Waals surface area contributed by atoms with Crippen LogP contribution in [0, 0.1) is 0 Å². The van der Waals surface area contributed by atoms with Crippen molar-refractivity contribution in [1.82, 2.24) is 15.6 Å². The molecule has 0 spiro atoms. The zero-order valence-corrected chi connectivity index (χ0v) is 10.6. The Morgan fingerprint density at radius 3 is 2.84 bits per heavy atom. The number of rotatable bonds is 4. The number of hydrazone groups is 1. The lowest BCUT2D eigenvalue weighted by molar-refractivity contribution is -0.120. The summed E-state index contributed by atoms with van der Waals surface area (Å²) in [5.74, 6) is -0.335. The van der Waals surface area contributed by atoms with E-state index in [0.29, 0.717) is 16.3 Å². The van der Waals surface area contributed by atoms with E-state index in [0.717, 1.165) is 0 Å². The fourth-order valence-corrected chi connectivity index (χ4v) is 1.62. The van der Waals surface area contributed by atoms with Gasteiger partial charge in [-0.15, -0.1) is 0 Å². The summed E-state index contributed by atoms with van der Waals surface area (Å²) in [6.45, 7) is 0. The molecular weight excluding hydrogens is 268 g/mol. The third-order valence-electron chi connectivity index (χ3n) is 2.30. The molecule has 7 heteroatoms. The summed E-state index contributed by atoms with van der Waals surface area (Å²) in [6.07, 6.45) is 1.50.